The molecule has 0 fully saturated rings. The highest BCUT2D eigenvalue weighted by molar-refractivity contribution is 9.10. The van der Waals surface area contributed by atoms with Crippen LogP contribution in [0.5, 0.6) is 11.6 Å². The van der Waals surface area contributed by atoms with Gasteiger partial charge in [-0.25, -0.2) is 9.97 Å². The number of rotatable bonds is 2. The van der Waals surface area contributed by atoms with Crippen LogP contribution < -0.4 is 10.5 Å². The SMILES string of the molecule is Nc1cnc(Oc2ccc3cc(Br)ccc3c2)cn1. The second-order valence-electron chi connectivity index (χ2n) is 4.03. The lowest BCUT2D eigenvalue weighted by molar-refractivity contribution is 0.461. The highest BCUT2D eigenvalue weighted by Gasteiger charge is 2.01. The first-order chi connectivity index (χ1) is 9.20. The molecule has 2 aromatic carbocycles. The fourth-order valence-electron chi connectivity index (χ4n) is 1.76. The van der Waals surface area contributed by atoms with E-state index in [0.29, 0.717) is 17.4 Å². The van der Waals surface area contributed by atoms with Gasteiger partial charge in [-0.2, -0.15) is 0 Å². The maximum Gasteiger partial charge on any atom is 0.237 e. The molecule has 94 valence electrons. The van der Waals surface area contributed by atoms with Gasteiger partial charge in [0.15, 0.2) is 0 Å². The number of fused-ring (bicyclic) bond motifs is 1. The van der Waals surface area contributed by atoms with Gasteiger partial charge in [0.1, 0.15) is 11.6 Å². The minimum atomic E-state index is 0.371. The summed E-state index contributed by atoms with van der Waals surface area (Å²) in [6.07, 6.45) is 2.97. The van der Waals surface area contributed by atoms with Gasteiger partial charge in [-0.05, 0) is 35.0 Å². The molecule has 0 atom stereocenters. The fraction of sp³-hybridized carbons (Fsp3) is 0. The maximum absolute atomic E-state index is 5.63. The summed E-state index contributed by atoms with van der Waals surface area (Å²) in [5, 5.41) is 2.24. The van der Waals surface area contributed by atoms with Gasteiger partial charge >= 0.3 is 0 Å². The molecule has 3 rings (SSSR count). The quantitative estimate of drug-likeness (QED) is 0.782. The number of nitrogen functional groups attached to an aromatic ring is 1. The van der Waals surface area contributed by atoms with E-state index in [0.717, 1.165) is 15.2 Å². The molecule has 4 nitrogen and oxygen atoms in total. The van der Waals surface area contributed by atoms with Crippen molar-refractivity contribution in [3.05, 3.63) is 53.3 Å². The Morgan fingerprint density at radius 2 is 1.74 bits per heavy atom. The second-order valence-corrected chi connectivity index (χ2v) is 4.95. The number of benzene rings is 2. The van der Waals surface area contributed by atoms with E-state index in [4.69, 9.17) is 10.5 Å². The molecule has 0 aliphatic heterocycles. The van der Waals surface area contributed by atoms with Crippen molar-refractivity contribution in [1.29, 1.82) is 0 Å². The molecule has 0 saturated carbocycles. The highest BCUT2D eigenvalue weighted by atomic mass is 79.9. The van der Waals surface area contributed by atoms with Crippen LogP contribution in [-0.4, -0.2) is 9.97 Å². The molecule has 1 heterocycles. The van der Waals surface area contributed by atoms with Crippen molar-refractivity contribution in [3.63, 3.8) is 0 Å². The molecule has 19 heavy (non-hydrogen) atoms. The van der Waals surface area contributed by atoms with Crippen molar-refractivity contribution < 1.29 is 4.74 Å². The van der Waals surface area contributed by atoms with Gasteiger partial charge in [0.05, 0.1) is 12.4 Å². The average molecular weight is 316 g/mol. The van der Waals surface area contributed by atoms with Gasteiger partial charge in [0.2, 0.25) is 5.88 Å². The predicted molar refractivity (Wildman–Crippen MR) is 78.2 cm³/mol. The molecule has 0 amide bonds. The van der Waals surface area contributed by atoms with Gasteiger partial charge in [-0.1, -0.05) is 28.1 Å². The number of nitrogens with two attached hydrogens (primary N) is 1. The summed E-state index contributed by atoms with van der Waals surface area (Å²) in [6.45, 7) is 0. The van der Waals surface area contributed by atoms with Crippen LogP contribution >= 0.6 is 15.9 Å². The lowest BCUT2D eigenvalue weighted by atomic mass is 10.1. The molecule has 3 aromatic rings. The van der Waals surface area contributed by atoms with Crippen LogP contribution in [0.15, 0.2) is 53.3 Å². The molecule has 0 spiro atoms. The van der Waals surface area contributed by atoms with Crippen molar-refractivity contribution in [1.82, 2.24) is 9.97 Å². The largest absolute Gasteiger partial charge is 0.437 e. The molecule has 0 bridgehead atoms. The summed E-state index contributed by atoms with van der Waals surface area (Å²) in [5.41, 5.74) is 5.47. The summed E-state index contributed by atoms with van der Waals surface area (Å²) in [7, 11) is 0. The molecule has 0 radical (unpaired) electrons. The van der Waals surface area contributed by atoms with Crippen LogP contribution in [0.3, 0.4) is 0 Å². The van der Waals surface area contributed by atoms with Crippen LogP contribution in [0.4, 0.5) is 5.82 Å². The third-order valence-corrected chi connectivity index (χ3v) is 3.14. The topological polar surface area (TPSA) is 61.0 Å². The van der Waals surface area contributed by atoms with E-state index in [1.54, 1.807) is 0 Å². The zero-order valence-corrected chi connectivity index (χ0v) is 11.5. The van der Waals surface area contributed by atoms with E-state index < -0.39 is 0 Å². The van der Waals surface area contributed by atoms with Crippen LogP contribution in [0.2, 0.25) is 0 Å². The predicted octanol–water partition coefficient (Wildman–Crippen LogP) is 3.77. The van der Waals surface area contributed by atoms with E-state index in [2.05, 4.69) is 32.0 Å². The van der Waals surface area contributed by atoms with E-state index in [-0.39, 0.29) is 0 Å². The van der Waals surface area contributed by atoms with Crippen LogP contribution in [0.1, 0.15) is 0 Å². The third-order valence-electron chi connectivity index (χ3n) is 2.64. The van der Waals surface area contributed by atoms with Gasteiger partial charge in [-0.15, -0.1) is 0 Å². The van der Waals surface area contributed by atoms with Crippen LogP contribution in [0.25, 0.3) is 10.8 Å². The van der Waals surface area contributed by atoms with Crippen molar-refractivity contribution in [2.45, 2.75) is 0 Å². The monoisotopic (exact) mass is 315 g/mol. The number of ether oxygens (including phenoxy) is 1. The lowest BCUT2D eigenvalue weighted by Gasteiger charge is -2.06. The fourth-order valence-corrected chi connectivity index (χ4v) is 2.14. The zero-order valence-electron chi connectivity index (χ0n) is 9.88. The molecule has 2 N–H and O–H groups in total. The number of nitrogens with zero attached hydrogens (tertiary/aromatic N) is 2. The molecule has 0 aliphatic carbocycles. The first-order valence-corrected chi connectivity index (χ1v) is 6.45. The van der Waals surface area contributed by atoms with Gasteiger partial charge in [0, 0.05) is 4.47 Å². The van der Waals surface area contributed by atoms with Crippen molar-refractivity contribution in [3.8, 4) is 11.6 Å². The first-order valence-electron chi connectivity index (χ1n) is 5.65. The normalized spacial score (nSPS) is 10.6. The molecule has 0 saturated heterocycles. The van der Waals surface area contributed by atoms with E-state index >= 15 is 0 Å². The van der Waals surface area contributed by atoms with E-state index in [9.17, 15) is 0 Å². The maximum atomic E-state index is 5.63. The Kier molecular flexibility index (Phi) is 3.05. The molecule has 0 aliphatic rings. The second kappa shape index (κ2) is 4.85. The smallest absolute Gasteiger partial charge is 0.237 e. The molecular formula is C14H10BrN3O. The Morgan fingerprint density at radius 3 is 2.53 bits per heavy atom. The third kappa shape index (κ3) is 2.66. The number of aromatic nitrogens is 2. The van der Waals surface area contributed by atoms with Crippen molar-refractivity contribution >= 4 is 32.5 Å². The number of hydrogen-bond acceptors (Lipinski definition) is 4. The Balaban J connectivity index is 1.93. The standard InChI is InChI=1S/C14H10BrN3O/c15-11-3-1-10-6-12(4-2-9(10)5-11)19-14-8-17-13(16)7-18-14/h1-8H,(H2,16,17). The van der Waals surface area contributed by atoms with E-state index in [1.807, 2.05) is 30.3 Å². The summed E-state index contributed by atoms with van der Waals surface area (Å²) in [4.78, 5) is 7.98. The van der Waals surface area contributed by atoms with Gasteiger partial charge in [-0.3, -0.25) is 0 Å². The van der Waals surface area contributed by atoms with Gasteiger partial charge in [0.25, 0.3) is 0 Å². The number of halogens is 1. The van der Waals surface area contributed by atoms with Crippen molar-refractivity contribution in [2.75, 3.05) is 5.73 Å². The molecule has 5 heteroatoms. The molecule has 1 aromatic heterocycles. The minimum Gasteiger partial charge on any atom is -0.437 e. The van der Waals surface area contributed by atoms with Crippen LogP contribution in [0, 0.1) is 0 Å². The molecular weight excluding hydrogens is 306 g/mol. The number of hydrogen-bond donors (Lipinski definition) is 1. The Labute approximate surface area is 118 Å². The summed E-state index contributed by atoms with van der Waals surface area (Å²) in [5.74, 6) is 1.51. The van der Waals surface area contributed by atoms with Crippen molar-refractivity contribution in [2.24, 2.45) is 0 Å². The van der Waals surface area contributed by atoms with Gasteiger partial charge < -0.3 is 10.5 Å². The minimum absolute atomic E-state index is 0.371. The average Bonchev–Trinajstić information content (AvgIpc) is 2.42. The lowest BCUT2D eigenvalue weighted by Crippen LogP contribution is -1.93. The van der Waals surface area contributed by atoms with Crippen LogP contribution in [-0.2, 0) is 0 Å². The summed E-state index contributed by atoms with van der Waals surface area (Å²) < 4.78 is 6.68. The summed E-state index contributed by atoms with van der Waals surface area (Å²) >= 11 is 3.45. The first kappa shape index (κ1) is 11.9. The Bertz CT molecular complexity index is 728. The van der Waals surface area contributed by atoms with E-state index in [1.165, 1.54) is 12.4 Å². The zero-order chi connectivity index (χ0) is 13.2. The molecule has 0 unspecified atom stereocenters. The Hall–Kier alpha value is -2.14. The highest BCUT2D eigenvalue weighted by Crippen LogP contribution is 2.26. The number of anilines is 1. The summed E-state index contributed by atoms with van der Waals surface area (Å²) in [6, 6.07) is 11.9. The Morgan fingerprint density at radius 1 is 0.947 bits per heavy atom.